The van der Waals surface area contributed by atoms with Crippen molar-refractivity contribution in [1.82, 2.24) is 4.98 Å². The van der Waals surface area contributed by atoms with Crippen LogP contribution in [0.1, 0.15) is 18.4 Å². The molecule has 0 spiro atoms. The molecule has 0 aliphatic carbocycles. The largest absolute Gasteiger partial charge is 0.457 e. The van der Waals surface area contributed by atoms with E-state index in [4.69, 9.17) is 15.2 Å². The fourth-order valence-corrected chi connectivity index (χ4v) is 2.85. The van der Waals surface area contributed by atoms with Crippen molar-refractivity contribution in [3.63, 3.8) is 0 Å². The number of primary amides is 1. The fraction of sp³-hybridized carbons (Fsp3) is 0.333. The number of carbonyl (C=O) groups excluding carboxylic acids is 1. The van der Waals surface area contributed by atoms with Crippen LogP contribution in [0.25, 0.3) is 0 Å². The summed E-state index contributed by atoms with van der Waals surface area (Å²) in [7, 11) is 0. The zero-order valence-corrected chi connectivity index (χ0v) is 14.3. The molecule has 0 bridgehead atoms. The van der Waals surface area contributed by atoms with Crippen LogP contribution in [0.3, 0.4) is 0 Å². The average Bonchev–Trinajstić information content (AvgIpc) is 2.62. The molecule has 2 heterocycles. The first kappa shape index (κ1) is 18.8. The van der Waals surface area contributed by atoms with E-state index in [1.165, 1.54) is 12.1 Å². The van der Waals surface area contributed by atoms with Gasteiger partial charge in [-0.3, -0.25) is 0 Å². The third-order valence-electron chi connectivity index (χ3n) is 4.18. The average molecular weight is 381 g/mol. The van der Waals surface area contributed by atoms with Crippen LogP contribution in [0.15, 0.2) is 42.6 Å². The summed E-state index contributed by atoms with van der Waals surface area (Å²) in [6.45, 7) is 1.27. The van der Waals surface area contributed by atoms with Crippen molar-refractivity contribution in [1.29, 1.82) is 0 Å². The molecule has 6 nitrogen and oxygen atoms in total. The molecule has 2 N–H and O–H groups in total. The molecule has 0 saturated carbocycles. The van der Waals surface area contributed by atoms with E-state index in [1.54, 1.807) is 18.3 Å². The van der Waals surface area contributed by atoms with Gasteiger partial charge in [0.2, 0.25) is 0 Å². The minimum atomic E-state index is -4.38. The highest BCUT2D eigenvalue weighted by Gasteiger charge is 2.30. The van der Waals surface area contributed by atoms with Gasteiger partial charge in [0, 0.05) is 38.2 Å². The predicted molar refractivity (Wildman–Crippen MR) is 91.7 cm³/mol. The van der Waals surface area contributed by atoms with Gasteiger partial charge in [-0.1, -0.05) is 0 Å². The van der Waals surface area contributed by atoms with Crippen LogP contribution < -0.4 is 15.4 Å². The number of amides is 1. The van der Waals surface area contributed by atoms with Crippen LogP contribution in [0.5, 0.6) is 11.5 Å². The Bertz CT molecular complexity index is 788. The van der Waals surface area contributed by atoms with E-state index in [0.717, 1.165) is 12.1 Å². The van der Waals surface area contributed by atoms with E-state index in [-0.39, 0.29) is 6.10 Å². The summed E-state index contributed by atoms with van der Waals surface area (Å²) in [4.78, 5) is 17.1. The van der Waals surface area contributed by atoms with Gasteiger partial charge in [0.15, 0.2) is 0 Å². The quantitative estimate of drug-likeness (QED) is 0.868. The number of anilines is 1. The van der Waals surface area contributed by atoms with Gasteiger partial charge < -0.3 is 20.1 Å². The number of piperidine rings is 1. The number of alkyl halides is 3. The van der Waals surface area contributed by atoms with E-state index >= 15 is 0 Å². The fourth-order valence-electron chi connectivity index (χ4n) is 2.85. The van der Waals surface area contributed by atoms with Crippen LogP contribution in [-0.4, -0.2) is 30.3 Å². The van der Waals surface area contributed by atoms with Gasteiger partial charge in [-0.25, -0.2) is 9.78 Å². The summed E-state index contributed by atoms with van der Waals surface area (Å²) in [6.07, 6.45) is -2.53. The molecule has 1 aliphatic rings. The standard InChI is InChI=1S/C18H18F3N3O3/c19-18(20,21)12-1-3-13(4-2-12)26-15-5-8-23-16(11-15)24-9-6-14(7-10-24)27-17(22)25/h1-5,8,11,14H,6-7,9-10H2,(H2,22,25). The highest BCUT2D eigenvalue weighted by molar-refractivity contribution is 5.64. The molecule has 144 valence electrons. The molecular weight excluding hydrogens is 363 g/mol. The van der Waals surface area contributed by atoms with E-state index < -0.39 is 17.8 Å². The van der Waals surface area contributed by atoms with Crippen LogP contribution in [0.2, 0.25) is 0 Å². The second-order valence-electron chi connectivity index (χ2n) is 6.10. The second-order valence-corrected chi connectivity index (χ2v) is 6.10. The molecule has 1 amide bonds. The number of nitrogens with zero attached hydrogens (tertiary/aromatic N) is 2. The number of pyridine rings is 1. The number of hydrogen-bond acceptors (Lipinski definition) is 5. The monoisotopic (exact) mass is 381 g/mol. The van der Waals surface area contributed by atoms with Gasteiger partial charge in [-0.15, -0.1) is 0 Å². The Morgan fingerprint density at radius 1 is 1.11 bits per heavy atom. The molecule has 0 radical (unpaired) electrons. The number of hydrogen-bond donors (Lipinski definition) is 1. The Hall–Kier alpha value is -2.97. The minimum Gasteiger partial charge on any atom is -0.457 e. The maximum absolute atomic E-state index is 12.6. The molecule has 1 saturated heterocycles. The third-order valence-corrected chi connectivity index (χ3v) is 4.18. The molecule has 1 aliphatic heterocycles. The SMILES string of the molecule is NC(=O)OC1CCN(c2cc(Oc3ccc(C(F)(F)F)cc3)ccn2)CC1. The molecule has 9 heteroatoms. The lowest BCUT2D eigenvalue weighted by Gasteiger charge is -2.32. The summed E-state index contributed by atoms with van der Waals surface area (Å²) < 4.78 is 48.5. The zero-order valence-electron chi connectivity index (χ0n) is 14.3. The van der Waals surface area contributed by atoms with Crippen molar-refractivity contribution in [2.45, 2.75) is 25.1 Å². The van der Waals surface area contributed by atoms with Gasteiger partial charge in [-0.2, -0.15) is 13.2 Å². The number of carbonyl (C=O) groups is 1. The summed E-state index contributed by atoms with van der Waals surface area (Å²) in [5.41, 5.74) is 4.30. The lowest BCUT2D eigenvalue weighted by Crippen LogP contribution is -2.39. The lowest BCUT2D eigenvalue weighted by atomic mass is 10.1. The molecule has 1 fully saturated rings. The number of nitrogens with two attached hydrogens (primary N) is 1. The second kappa shape index (κ2) is 7.73. The summed E-state index contributed by atoms with van der Waals surface area (Å²) >= 11 is 0. The normalized spacial score (nSPS) is 15.4. The molecule has 0 atom stereocenters. The van der Waals surface area contributed by atoms with Gasteiger partial charge in [-0.05, 0) is 30.3 Å². The van der Waals surface area contributed by atoms with Crippen LogP contribution in [-0.2, 0) is 10.9 Å². The summed E-state index contributed by atoms with van der Waals surface area (Å²) in [5.74, 6) is 1.45. The Balaban J connectivity index is 1.63. The molecule has 2 aromatic rings. The van der Waals surface area contributed by atoms with Gasteiger partial charge in [0.25, 0.3) is 0 Å². The Kier molecular flexibility index (Phi) is 5.38. The maximum Gasteiger partial charge on any atom is 0.416 e. The first-order valence-corrected chi connectivity index (χ1v) is 8.33. The first-order valence-electron chi connectivity index (χ1n) is 8.33. The van der Waals surface area contributed by atoms with Crippen LogP contribution in [0, 0.1) is 0 Å². The van der Waals surface area contributed by atoms with Crippen molar-refractivity contribution >= 4 is 11.9 Å². The first-order chi connectivity index (χ1) is 12.8. The number of benzene rings is 1. The number of rotatable bonds is 4. The van der Waals surface area contributed by atoms with Crippen molar-refractivity contribution in [2.24, 2.45) is 5.73 Å². The zero-order chi connectivity index (χ0) is 19.4. The number of halogens is 3. The Morgan fingerprint density at radius 3 is 2.37 bits per heavy atom. The predicted octanol–water partition coefficient (Wildman–Crippen LogP) is 3.96. The molecule has 27 heavy (non-hydrogen) atoms. The van der Waals surface area contributed by atoms with Crippen molar-refractivity contribution in [3.8, 4) is 11.5 Å². The molecule has 1 aromatic heterocycles. The summed E-state index contributed by atoms with van der Waals surface area (Å²) in [6, 6.07) is 7.84. The number of aromatic nitrogens is 1. The van der Waals surface area contributed by atoms with Crippen molar-refractivity contribution in [3.05, 3.63) is 48.2 Å². The maximum atomic E-state index is 12.6. The molecular formula is C18H18F3N3O3. The van der Waals surface area contributed by atoms with Gasteiger partial charge in [0.1, 0.15) is 23.4 Å². The van der Waals surface area contributed by atoms with Crippen molar-refractivity contribution in [2.75, 3.05) is 18.0 Å². The van der Waals surface area contributed by atoms with E-state index in [9.17, 15) is 18.0 Å². The van der Waals surface area contributed by atoms with E-state index in [1.807, 2.05) is 4.90 Å². The molecule has 1 aromatic carbocycles. The minimum absolute atomic E-state index is 0.203. The van der Waals surface area contributed by atoms with Crippen LogP contribution >= 0.6 is 0 Å². The van der Waals surface area contributed by atoms with Crippen molar-refractivity contribution < 1.29 is 27.4 Å². The van der Waals surface area contributed by atoms with Gasteiger partial charge in [0.05, 0.1) is 5.56 Å². The Morgan fingerprint density at radius 2 is 1.78 bits per heavy atom. The van der Waals surface area contributed by atoms with Crippen LogP contribution in [0.4, 0.5) is 23.8 Å². The van der Waals surface area contributed by atoms with E-state index in [0.29, 0.717) is 43.2 Å². The molecule has 0 unspecified atom stereocenters. The van der Waals surface area contributed by atoms with Gasteiger partial charge >= 0.3 is 12.3 Å². The van der Waals surface area contributed by atoms with E-state index in [2.05, 4.69) is 4.98 Å². The lowest BCUT2D eigenvalue weighted by molar-refractivity contribution is -0.137. The topological polar surface area (TPSA) is 77.7 Å². The Labute approximate surface area is 153 Å². The highest BCUT2D eigenvalue weighted by Crippen LogP contribution is 2.32. The smallest absolute Gasteiger partial charge is 0.416 e. The summed E-state index contributed by atoms with van der Waals surface area (Å²) in [5, 5.41) is 0. The highest BCUT2D eigenvalue weighted by atomic mass is 19.4. The number of ether oxygens (including phenoxy) is 2. The molecule has 3 rings (SSSR count). The third kappa shape index (κ3) is 5.02.